The predicted octanol–water partition coefficient (Wildman–Crippen LogP) is 5.56. The van der Waals surface area contributed by atoms with E-state index in [1.54, 1.807) is 0 Å². The standard InChI is InChI=1S/C15H26N2S.C2H6/c1-5-8-13(9-6-2)11-17-12(4)10-16-15(17)14(18)7-3;1-2/h10,13H,5-9,11H2,1-4H3;1-2H3. The molecule has 1 heterocycles. The Labute approximate surface area is 131 Å². The maximum Gasteiger partial charge on any atom is 0.146 e. The molecule has 1 aromatic heterocycles. The second kappa shape index (κ2) is 11.0. The topological polar surface area (TPSA) is 17.8 Å². The van der Waals surface area contributed by atoms with Crippen molar-refractivity contribution < 1.29 is 0 Å². The molecule has 0 saturated heterocycles. The number of aryl methyl sites for hydroxylation is 1. The van der Waals surface area contributed by atoms with Gasteiger partial charge < -0.3 is 4.57 Å². The van der Waals surface area contributed by atoms with Crippen LogP contribution in [0.3, 0.4) is 0 Å². The van der Waals surface area contributed by atoms with Crippen molar-refractivity contribution in [2.45, 2.75) is 80.2 Å². The summed E-state index contributed by atoms with van der Waals surface area (Å²) in [6.07, 6.45) is 7.95. The fourth-order valence-electron chi connectivity index (χ4n) is 2.47. The van der Waals surface area contributed by atoms with E-state index < -0.39 is 0 Å². The molecule has 1 aromatic rings. The zero-order chi connectivity index (χ0) is 15.5. The molecule has 20 heavy (non-hydrogen) atoms. The van der Waals surface area contributed by atoms with Crippen molar-refractivity contribution in [2.24, 2.45) is 5.92 Å². The van der Waals surface area contributed by atoms with E-state index in [-0.39, 0.29) is 0 Å². The summed E-state index contributed by atoms with van der Waals surface area (Å²) in [5.74, 6) is 1.77. The van der Waals surface area contributed by atoms with Gasteiger partial charge in [-0.3, -0.25) is 0 Å². The largest absolute Gasteiger partial charge is 0.328 e. The summed E-state index contributed by atoms with van der Waals surface area (Å²) >= 11 is 5.42. The predicted molar refractivity (Wildman–Crippen MR) is 93.6 cm³/mol. The second-order valence-electron chi connectivity index (χ2n) is 5.05. The maximum atomic E-state index is 5.42. The molecule has 0 amide bonds. The van der Waals surface area contributed by atoms with Gasteiger partial charge in [0.15, 0.2) is 0 Å². The Morgan fingerprint density at radius 3 is 2.20 bits per heavy atom. The molecule has 1 rings (SSSR count). The molecule has 0 atom stereocenters. The van der Waals surface area contributed by atoms with Crippen molar-refractivity contribution in [1.82, 2.24) is 9.55 Å². The van der Waals surface area contributed by atoms with Crippen molar-refractivity contribution in [3.05, 3.63) is 17.7 Å². The summed E-state index contributed by atoms with van der Waals surface area (Å²) in [4.78, 5) is 5.46. The van der Waals surface area contributed by atoms with Crippen molar-refractivity contribution in [1.29, 1.82) is 0 Å². The van der Waals surface area contributed by atoms with E-state index >= 15 is 0 Å². The first-order valence-corrected chi connectivity index (χ1v) is 8.60. The van der Waals surface area contributed by atoms with Gasteiger partial charge in [0.25, 0.3) is 0 Å². The van der Waals surface area contributed by atoms with Crippen LogP contribution in [0.15, 0.2) is 6.20 Å². The van der Waals surface area contributed by atoms with Crippen LogP contribution in [0.2, 0.25) is 0 Å². The smallest absolute Gasteiger partial charge is 0.146 e. The minimum Gasteiger partial charge on any atom is -0.328 e. The summed E-state index contributed by atoms with van der Waals surface area (Å²) in [5.41, 5.74) is 1.23. The molecular formula is C17H32N2S. The molecule has 0 aliphatic carbocycles. The van der Waals surface area contributed by atoms with Gasteiger partial charge in [0.1, 0.15) is 5.82 Å². The van der Waals surface area contributed by atoms with E-state index in [0.717, 1.165) is 29.6 Å². The molecule has 0 N–H and O–H groups in total. The van der Waals surface area contributed by atoms with Gasteiger partial charge in [-0.15, -0.1) is 0 Å². The highest BCUT2D eigenvalue weighted by molar-refractivity contribution is 7.80. The zero-order valence-electron chi connectivity index (χ0n) is 14.2. The molecule has 0 saturated carbocycles. The number of hydrogen-bond donors (Lipinski definition) is 0. The number of aromatic nitrogens is 2. The van der Waals surface area contributed by atoms with Gasteiger partial charge in [0.2, 0.25) is 0 Å². The van der Waals surface area contributed by atoms with Crippen molar-refractivity contribution >= 4 is 17.1 Å². The van der Waals surface area contributed by atoms with Gasteiger partial charge in [-0.25, -0.2) is 4.98 Å². The van der Waals surface area contributed by atoms with E-state index in [0.29, 0.717) is 0 Å². The highest BCUT2D eigenvalue weighted by Gasteiger charge is 2.14. The molecule has 0 aromatic carbocycles. The first kappa shape index (κ1) is 19.3. The number of hydrogen-bond acceptors (Lipinski definition) is 2. The van der Waals surface area contributed by atoms with Crippen LogP contribution in [0.1, 0.15) is 78.2 Å². The Morgan fingerprint density at radius 1 is 1.20 bits per heavy atom. The third-order valence-corrected chi connectivity index (χ3v) is 3.93. The first-order chi connectivity index (χ1) is 9.63. The molecule has 0 bridgehead atoms. The maximum absolute atomic E-state index is 5.42. The van der Waals surface area contributed by atoms with E-state index in [4.69, 9.17) is 12.2 Å². The van der Waals surface area contributed by atoms with Gasteiger partial charge in [-0.05, 0) is 32.1 Å². The first-order valence-electron chi connectivity index (χ1n) is 8.19. The highest BCUT2D eigenvalue weighted by Crippen LogP contribution is 2.19. The Hall–Kier alpha value is -0.700. The number of thiocarbonyl (C=S) groups is 1. The number of nitrogens with zero attached hydrogens (tertiary/aromatic N) is 2. The Bertz CT molecular complexity index is 376. The fraction of sp³-hybridized carbons (Fsp3) is 0.765. The molecule has 0 aliphatic heterocycles. The minimum absolute atomic E-state index is 0.756. The lowest BCUT2D eigenvalue weighted by atomic mass is 9.98. The highest BCUT2D eigenvalue weighted by atomic mass is 32.1. The Balaban J connectivity index is 0.00000172. The summed E-state index contributed by atoms with van der Waals surface area (Å²) in [5, 5.41) is 0. The minimum atomic E-state index is 0.756. The second-order valence-corrected chi connectivity index (χ2v) is 5.55. The molecule has 3 heteroatoms. The lowest BCUT2D eigenvalue weighted by molar-refractivity contribution is 0.377. The summed E-state index contributed by atoms with van der Waals surface area (Å²) in [6.45, 7) is 13.8. The van der Waals surface area contributed by atoms with Gasteiger partial charge in [-0.2, -0.15) is 0 Å². The van der Waals surface area contributed by atoms with Crippen molar-refractivity contribution in [3.63, 3.8) is 0 Å². The van der Waals surface area contributed by atoms with E-state index in [9.17, 15) is 0 Å². The Morgan fingerprint density at radius 2 is 1.75 bits per heavy atom. The van der Waals surface area contributed by atoms with Crippen LogP contribution in [-0.4, -0.2) is 14.4 Å². The van der Waals surface area contributed by atoms with Crippen LogP contribution >= 0.6 is 12.2 Å². The number of rotatable bonds is 8. The molecule has 116 valence electrons. The monoisotopic (exact) mass is 296 g/mol. The quantitative estimate of drug-likeness (QED) is 0.461. The van der Waals surface area contributed by atoms with Gasteiger partial charge >= 0.3 is 0 Å². The molecule has 2 nitrogen and oxygen atoms in total. The Kier molecular flexibility index (Phi) is 10.6. The molecule has 0 fully saturated rings. The molecule has 0 unspecified atom stereocenters. The average molecular weight is 297 g/mol. The van der Waals surface area contributed by atoms with Crippen molar-refractivity contribution in [3.8, 4) is 0 Å². The van der Waals surface area contributed by atoms with Crippen LogP contribution in [0, 0.1) is 12.8 Å². The molecule has 0 radical (unpaired) electrons. The van der Waals surface area contributed by atoms with Crippen molar-refractivity contribution in [2.75, 3.05) is 0 Å². The molecular weight excluding hydrogens is 264 g/mol. The summed E-state index contributed by atoms with van der Waals surface area (Å²) < 4.78 is 2.32. The third-order valence-electron chi connectivity index (χ3n) is 3.46. The van der Waals surface area contributed by atoms with E-state index in [1.165, 1.54) is 31.4 Å². The van der Waals surface area contributed by atoms with Crippen LogP contribution in [-0.2, 0) is 6.54 Å². The number of imidazole rings is 1. The average Bonchev–Trinajstić information content (AvgIpc) is 2.82. The van der Waals surface area contributed by atoms with Gasteiger partial charge in [0.05, 0.1) is 4.86 Å². The summed E-state index contributed by atoms with van der Waals surface area (Å²) in [7, 11) is 0. The SMILES string of the molecule is CC.CCCC(CCC)Cn1c(C)cnc1C(=S)CC. The molecule has 0 aliphatic rings. The zero-order valence-corrected chi connectivity index (χ0v) is 15.0. The van der Waals surface area contributed by atoms with Gasteiger partial charge in [0, 0.05) is 18.4 Å². The fourth-order valence-corrected chi connectivity index (χ4v) is 2.64. The van der Waals surface area contributed by atoms with E-state index in [1.807, 2.05) is 20.0 Å². The normalized spacial score (nSPS) is 10.3. The summed E-state index contributed by atoms with van der Waals surface area (Å²) in [6, 6.07) is 0. The van der Waals surface area contributed by atoms with E-state index in [2.05, 4.69) is 37.2 Å². The molecule has 0 spiro atoms. The van der Waals surface area contributed by atoms with Gasteiger partial charge in [-0.1, -0.05) is 59.7 Å². The lowest BCUT2D eigenvalue weighted by Gasteiger charge is -2.19. The van der Waals surface area contributed by atoms with Crippen LogP contribution in [0.25, 0.3) is 0 Å². The van der Waals surface area contributed by atoms with Crippen LogP contribution in [0.5, 0.6) is 0 Å². The lowest BCUT2D eigenvalue weighted by Crippen LogP contribution is -2.16. The third kappa shape index (κ3) is 5.74. The van der Waals surface area contributed by atoms with Crippen LogP contribution in [0.4, 0.5) is 0 Å². The van der Waals surface area contributed by atoms with Crippen LogP contribution < -0.4 is 0 Å².